The Bertz CT molecular complexity index is 696. The number of nitrogens with one attached hydrogen (secondary N) is 1. The van der Waals surface area contributed by atoms with Gasteiger partial charge in [0.05, 0.1) is 6.54 Å². The van der Waals surface area contributed by atoms with E-state index in [0.29, 0.717) is 25.6 Å². The highest BCUT2D eigenvalue weighted by Gasteiger charge is 2.18. The quantitative estimate of drug-likeness (QED) is 0.803. The number of imidazole rings is 1. The molecule has 136 valence electrons. The Labute approximate surface area is 155 Å². The molecule has 0 aliphatic heterocycles. The maximum atomic E-state index is 12.5. The number of hydrogen-bond donors (Lipinski definition) is 1. The Morgan fingerprint density at radius 1 is 1.32 bits per heavy atom. The van der Waals surface area contributed by atoms with Crippen molar-refractivity contribution in [3.8, 4) is 0 Å². The first kappa shape index (κ1) is 19.3. The van der Waals surface area contributed by atoms with Gasteiger partial charge in [-0.25, -0.2) is 9.78 Å². The van der Waals surface area contributed by atoms with Gasteiger partial charge in [0.1, 0.15) is 5.82 Å². The number of urea groups is 1. The molecular formula is C19H27ClN4O. The number of carbonyl (C=O) groups is 1. The molecule has 1 aromatic heterocycles. The SMILES string of the molecule is CC(C)CN(Cc1nccn1Cc1cccc(Cl)c1)C(=O)NC(C)C. The summed E-state index contributed by atoms with van der Waals surface area (Å²) in [6.45, 7) is 9.98. The number of halogens is 1. The fourth-order valence-corrected chi connectivity index (χ4v) is 2.85. The van der Waals surface area contributed by atoms with Crippen molar-refractivity contribution in [3.63, 3.8) is 0 Å². The van der Waals surface area contributed by atoms with Crippen LogP contribution in [-0.2, 0) is 13.1 Å². The van der Waals surface area contributed by atoms with E-state index in [1.165, 1.54) is 0 Å². The molecule has 2 amide bonds. The van der Waals surface area contributed by atoms with Gasteiger partial charge in [-0.3, -0.25) is 0 Å². The number of rotatable bonds is 7. The maximum Gasteiger partial charge on any atom is 0.318 e. The lowest BCUT2D eigenvalue weighted by molar-refractivity contribution is 0.183. The molecule has 1 aromatic carbocycles. The van der Waals surface area contributed by atoms with Crippen LogP contribution in [0.1, 0.15) is 39.1 Å². The minimum absolute atomic E-state index is 0.0546. The van der Waals surface area contributed by atoms with E-state index in [4.69, 9.17) is 11.6 Å². The summed E-state index contributed by atoms with van der Waals surface area (Å²) in [5.41, 5.74) is 1.11. The fourth-order valence-electron chi connectivity index (χ4n) is 2.64. The summed E-state index contributed by atoms with van der Waals surface area (Å²) >= 11 is 6.07. The van der Waals surface area contributed by atoms with E-state index in [9.17, 15) is 4.79 Å². The van der Waals surface area contributed by atoms with Gasteiger partial charge in [0.25, 0.3) is 0 Å². The summed E-state index contributed by atoms with van der Waals surface area (Å²) < 4.78 is 2.06. The molecule has 5 nitrogen and oxygen atoms in total. The second-order valence-electron chi connectivity index (χ2n) is 6.98. The van der Waals surface area contributed by atoms with Crippen LogP contribution in [0.4, 0.5) is 4.79 Å². The molecule has 1 N–H and O–H groups in total. The summed E-state index contributed by atoms with van der Waals surface area (Å²) in [6, 6.07) is 7.83. The van der Waals surface area contributed by atoms with E-state index in [1.54, 1.807) is 6.20 Å². The first-order chi connectivity index (χ1) is 11.8. The maximum absolute atomic E-state index is 12.5. The molecule has 0 unspecified atom stereocenters. The predicted molar refractivity (Wildman–Crippen MR) is 102 cm³/mol. The third-order valence-electron chi connectivity index (χ3n) is 3.66. The van der Waals surface area contributed by atoms with E-state index >= 15 is 0 Å². The molecule has 0 bridgehead atoms. The van der Waals surface area contributed by atoms with Crippen molar-refractivity contribution in [2.24, 2.45) is 5.92 Å². The zero-order chi connectivity index (χ0) is 18.4. The van der Waals surface area contributed by atoms with Gasteiger partial charge in [0.2, 0.25) is 0 Å². The lowest BCUT2D eigenvalue weighted by Gasteiger charge is -2.26. The van der Waals surface area contributed by atoms with E-state index in [2.05, 4.69) is 28.7 Å². The van der Waals surface area contributed by atoms with Crippen molar-refractivity contribution in [2.45, 2.75) is 46.8 Å². The molecule has 0 saturated carbocycles. The lowest BCUT2D eigenvalue weighted by Crippen LogP contribution is -2.44. The zero-order valence-electron chi connectivity index (χ0n) is 15.4. The van der Waals surface area contributed by atoms with E-state index in [1.807, 2.05) is 49.2 Å². The lowest BCUT2D eigenvalue weighted by atomic mass is 10.2. The van der Waals surface area contributed by atoms with Crippen molar-refractivity contribution in [3.05, 3.63) is 53.1 Å². The van der Waals surface area contributed by atoms with Crippen LogP contribution in [0, 0.1) is 5.92 Å². The highest BCUT2D eigenvalue weighted by Crippen LogP contribution is 2.14. The molecule has 0 aliphatic rings. The monoisotopic (exact) mass is 362 g/mol. The van der Waals surface area contributed by atoms with E-state index < -0.39 is 0 Å². The van der Waals surface area contributed by atoms with Gasteiger partial charge in [-0.1, -0.05) is 37.6 Å². The summed E-state index contributed by atoms with van der Waals surface area (Å²) in [7, 11) is 0. The molecule has 6 heteroatoms. The Kier molecular flexibility index (Phi) is 6.88. The number of carbonyl (C=O) groups excluding carboxylic acids is 1. The first-order valence-corrected chi connectivity index (χ1v) is 9.03. The summed E-state index contributed by atoms with van der Waals surface area (Å²) in [5.74, 6) is 1.24. The second kappa shape index (κ2) is 8.90. The Morgan fingerprint density at radius 2 is 2.08 bits per heavy atom. The largest absolute Gasteiger partial charge is 0.336 e. The number of benzene rings is 1. The summed E-state index contributed by atoms with van der Waals surface area (Å²) in [5, 5.41) is 3.69. The van der Waals surface area contributed by atoms with Crippen molar-refractivity contribution in [2.75, 3.05) is 6.54 Å². The predicted octanol–water partition coefficient (Wildman–Crippen LogP) is 4.16. The van der Waals surface area contributed by atoms with Gasteiger partial charge in [0.15, 0.2) is 0 Å². The van der Waals surface area contributed by atoms with Gasteiger partial charge in [-0.05, 0) is 37.5 Å². The van der Waals surface area contributed by atoms with Crippen molar-refractivity contribution in [1.29, 1.82) is 0 Å². The van der Waals surface area contributed by atoms with Crippen molar-refractivity contribution >= 4 is 17.6 Å². The van der Waals surface area contributed by atoms with Crippen LogP contribution >= 0.6 is 11.6 Å². The van der Waals surface area contributed by atoms with E-state index in [0.717, 1.165) is 16.4 Å². The van der Waals surface area contributed by atoms with Crippen LogP contribution in [0.15, 0.2) is 36.7 Å². The molecule has 2 rings (SSSR count). The Balaban J connectivity index is 2.14. The molecule has 1 heterocycles. The molecule has 2 aromatic rings. The smallest absolute Gasteiger partial charge is 0.318 e. The Morgan fingerprint density at radius 3 is 2.72 bits per heavy atom. The molecule has 0 spiro atoms. The first-order valence-electron chi connectivity index (χ1n) is 8.65. The van der Waals surface area contributed by atoms with Gasteiger partial charge < -0.3 is 14.8 Å². The standard InChI is InChI=1S/C19H27ClN4O/c1-14(2)11-24(19(25)22-15(3)4)13-18-21-8-9-23(18)12-16-6-5-7-17(20)10-16/h5-10,14-15H,11-13H2,1-4H3,(H,22,25). The highest BCUT2D eigenvalue weighted by molar-refractivity contribution is 6.30. The molecule has 0 atom stereocenters. The zero-order valence-corrected chi connectivity index (χ0v) is 16.1. The fraction of sp³-hybridized carbons (Fsp3) is 0.474. The van der Waals surface area contributed by atoms with Crippen molar-refractivity contribution in [1.82, 2.24) is 19.8 Å². The van der Waals surface area contributed by atoms with Gasteiger partial charge in [-0.15, -0.1) is 0 Å². The van der Waals surface area contributed by atoms with Crippen LogP contribution in [0.3, 0.4) is 0 Å². The normalized spacial score (nSPS) is 11.2. The molecule has 0 radical (unpaired) electrons. The third kappa shape index (κ3) is 6.09. The molecular weight excluding hydrogens is 336 g/mol. The molecule has 25 heavy (non-hydrogen) atoms. The highest BCUT2D eigenvalue weighted by atomic mass is 35.5. The van der Waals surface area contributed by atoms with Crippen LogP contribution in [0.2, 0.25) is 5.02 Å². The van der Waals surface area contributed by atoms with E-state index in [-0.39, 0.29) is 12.1 Å². The molecule has 0 aliphatic carbocycles. The Hall–Kier alpha value is -2.01. The third-order valence-corrected chi connectivity index (χ3v) is 3.90. The average Bonchev–Trinajstić information content (AvgIpc) is 2.92. The second-order valence-corrected chi connectivity index (χ2v) is 7.42. The number of aromatic nitrogens is 2. The molecule has 0 fully saturated rings. The van der Waals surface area contributed by atoms with Gasteiger partial charge >= 0.3 is 6.03 Å². The molecule has 0 saturated heterocycles. The van der Waals surface area contributed by atoms with Gasteiger partial charge in [0, 0.05) is 36.5 Å². The van der Waals surface area contributed by atoms with Crippen LogP contribution in [0.5, 0.6) is 0 Å². The van der Waals surface area contributed by atoms with Crippen LogP contribution in [-0.4, -0.2) is 33.1 Å². The van der Waals surface area contributed by atoms with Crippen LogP contribution in [0.25, 0.3) is 0 Å². The van der Waals surface area contributed by atoms with Gasteiger partial charge in [-0.2, -0.15) is 0 Å². The average molecular weight is 363 g/mol. The number of amides is 2. The topological polar surface area (TPSA) is 50.2 Å². The number of nitrogens with zero attached hydrogens (tertiary/aromatic N) is 3. The minimum Gasteiger partial charge on any atom is -0.336 e. The van der Waals surface area contributed by atoms with Crippen molar-refractivity contribution < 1.29 is 4.79 Å². The summed E-state index contributed by atoms with van der Waals surface area (Å²) in [6.07, 6.45) is 3.71. The number of hydrogen-bond acceptors (Lipinski definition) is 2. The van der Waals surface area contributed by atoms with Crippen LogP contribution < -0.4 is 5.32 Å². The summed E-state index contributed by atoms with van der Waals surface area (Å²) in [4.78, 5) is 18.8. The minimum atomic E-state index is -0.0546.